The lowest BCUT2D eigenvalue weighted by Gasteiger charge is -2.07. The van der Waals surface area contributed by atoms with Gasteiger partial charge in [0.2, 0.25) is 0 Å². The monoisotopic (exact) mass is 443 g/mol. The van der Waals surface area contributed by atoms with Crippen LogP contribution in [0.2, 0.25) is 0 Å². The number of carbonyl (C=O) groups excluding carboxylic acids is 3. The van der Waals surface area contributed by atoms with Gasteiger partial charge in [0.25, 0.3) is 5.91 Å². The fourth-order valence-corrected chi connectivity index (χ4v) is 4.06. The molecular formula is C22H21NO7S. The minimum Gasteiger partial charge on any atom is -0.462 e. The number of anilines is 1. The Balaban J connectivity index is 2.03. The molecule has 1 aromatic carbocycles. The molecule has 0 unspecified atom stereocenters. The molecule has 0 radical (unpaired) electrons. The van der Waals surface area contributed by atoms with E-state index in [9.17, 15) is 19.2 Å². The number of amides is 1. The van der Waals surface area contributed by atoms with Gasteiger partial charge >= 0.3 is 11.9 Å². The molecule has 0 bridgehead atoms. The zero-order valence-corrected chi connectivity index (χ0v) is 18.3. The second-order valence-corrected chi connectivity index (χ2v) is 7.65. The van der Waals surface area contributed by atoms with Crippen molar-refractivity contribution in [3.05, 3.63) is 61.8 Å². The van der Waals surface area contributed by atoms with Gasteiger partial charge in [-0.05, 0) is 51.0 Å². The largest absolute Gasteiger partial charge is 0.462 e. The first-order valence-corrected chi connectivity index (χ1v) is 10.4. The van der Waals surface area contributed by atoms with E-state index >= 15 is 0 Å². The zero-order chi connectivity index (χ0) is 22.7. The van der Waals surface area contributed by atoms with Gasteiger partial charge in [-0.15, -0.1) is 11.3 Å². The number of nitrogens with one attached hydrogen (secondary N) is 1. The molecule has 0 fully saturated rings. The quantitative estimate of drug-likeness (QED) is 0.571. The van der Waals surface area contributed by atoms with E-state index < -0.39 is 17.8 Å². The van der Waals surface area contributed by atoms with Crippen molar-refractivity contribution in [3.8, 4) is 0 Å². The maximum absolute atomic E-state index is 12.8. The number of thiophene rings is 1. The molecule has 0 atom stereocenters. The van der Waals surface area contributed by atoms with E-state index in [0.717, 1.165) is 23.0 Å². The van der Waals surface area contributed by atoms with E-state index in [0.29, 0.717) is 10.9 Å². The van der Waals surface area contributed by atoms with E-state index in [1.807, 2.05) is 6.92 Å². The first kappa shape index (κ1) is 22.2. The normalized spacial score (nSPS) is 10.7. The Morgan fingerprint density at radius 1 is 1.03 bits per heavy atom. The van der Waals surface area contributed by atoms with E-state index in [4.69, 9.17) is 13.9 Å². The lowest BCUT2D eigenvalue weighted by atomic mass is 10.1. The van der Waals surface area contributed by atoms with Crippen molar-refractivity contribution in [3.63, 3.8) is 0 Å². The Morgan fingerprint density at radius 2 is 1.71 bits per heavy atom. The van der Waals surface area contributed by atoms with Gasteiger partial charge in [0.05, 0.1) is 24.2 Å². The molecule has 2 heterocycles. The van der Waals surface area contributed by atoms with Gasteiger partial charge in [-0.2, -0.15) is 0 Å². The average molecular weight is 443 g/mol. The minimum atomic E-state index is -0.734. The SMILES string of the molecule is CCOC(=O)c1sc(NC(=O)c2cc(=O)c3ccc(C)cc3o2)c(C(=O)OCC)c1C. The Hall–Kier alpha value is -3.46. The van der Waals surface area contributed by atoms with Crippen LogP contribution in [0.1, 0.15) is 55.6 Å². The first-order chi connectivity index (χ1) is 14.8. The van der Waals surface area contributed by atoms with Crippen molar-refractivity contribution in [1.29, 1.82) is 0 Å². The topological polar surface area (TPSA) is 112 Å². The maximum Gasteiger partial charge on any atom is 0.348 e. The molecule has 0 aliphatic carbocycles. The molecule has 2 aromatic heterocycles. The highest BCUT2D eigenvalue weighted by atomic mass is 32.1. The molecule has 162 valence electrons. The summed E-state index contributed by atoms with van der Waals surface area (Å²) in [6.07, 6.45) is 0. The van der Waals surface area contributed by atoms with Gasteiger partial charge < -0.3 is 19.2 Å². The number of hydrogen-bond acceptors (Lipinski definition) is 8. The molecular weight excluding hydrogens is 422 g/mol. The molecule has 3 aromatic rings. The first-order valence-electron chi connectivity index (χ1n) is 9.60. The third-order valence-corrected chi connectivity index (χ3v) is 5.61. The van der Waals surface area contributed by atoms with Crippen LogP contribution in [0.4, 0.5) is 5.00 Å². The number of aryl methyl sites for hydroxylation is 1. The van der Waals surface area contributed by atoms with Gasteiger partial charge in [0.15, 0.2) is 11.2 Å². The number of hydrogen-bond donors (Lipinski definition) is 1. The Morgan fingerprint density at radius 3 is 2.39 bits per heavy atom. The standard InChI is InChI=1S/C22H21NO7S/c1-5-28-21(26)17-12(4)18(22(27)29-6-2)31-20(17)23-19(25)16-10-14(24)13-8-7-11(3)9-15(13)30-16/h7-10H,5-6H2,1-4H3,(H,23,25). The van der Waals surface area contributed by atoms with Gasteiger partial charge in [-0.25, -0.2) is 9.59 Å². The third kappa shape index (κ3) is 4.51. The molecule has 3 rings (SSSR count). The van der Waals surface area contributed by atoms with Gasteiger partial charge in [-0.1, -0.05) is 6.07 Å². The van der Waals surface area contributed by atoms with E-state index in [1.54, 1.807) is 39.0 Å². The Labute approximate surface area is 181 Å². The number of benzene rings is 1. The number of carbonyl (C=O) groups is 3. The molecule has 0 saturated heterocycles. The van der Waals surface area contributed by atoms with Crippen LogP contribution in [0.15, 0.2) is 33.5 Å². The Bertz CT molecular complexity index is 1240. The van der Waals surface area contributed by atoms with Crippen molar-refractivity contribution < 1.29 is 28.3 Å². The van der Waals surface area contributed by atoms with Crippen LogP contribution in [0.5, 0.6) is 0 Å². The minimum absolute atomic E-state index is 0.0576. The van der Waals surface area contributed by atoms with E-state index in [1.165, 1.54) is 0 Å². The molecule has 1 N–H and O–H groups in total. The summed E-state index contributed by atoms with van der Waals surface area (Å²) in [4.78, 5) is 50.1. The zero-order valence-electron chi connectivity index (χ0n) is 17.5. The second kappa shape index (κ2) is 9.13. The van der Waals surface area contributed by atoms with Crippen molar-refractivity contribution >= 4 is 45.2 Å². The fourth-order valence-electron chi connectivity index (χ4n) is 2.98. The van der Waals surface area contributed by atoms with Crippen molar-refractivity contribution in [2.75, 3.05) is 18.5 Å². The predicted molar refractivity (Wildman–Crippen MR) is 116 cm³/mol. The summed E-state index contributed by atoms with van der Waals surface area (Å²) in [5.41, 5.74) is 1.17. The van der Waals surface area contributed by atoms with Crippen LogP contribution in [0.25, 0.3) is 11.0 Å². The predicted octanol–water partition coefficient (Wildman–Crippen LogP) is 4.08. The molecule has 9 heteroatoms. The van der Waals surface area contributed by atoms with Crippen molar-refractivity contribution in [1.82, 2.24) is 0 Å². The smallest absolute Gasteiger partial charge is 0.348 e. The summed E-state index contributed by atoms with van der Waals surface area (Å²) in [7, 11) is 0. The number of fused-ring (bicyclic) bond motifs is 1. The lowest BCUT2D eigenvalue weighted by Crippen LogP contribution is -2.17. The summed E-state index contributed by atoms with van der Waals surface area (Å²) in [5.74, 6) is -2.24. The molecule has 8 nitrogen and oxygen atoms in total. The molecule has 31 heavy (non-hydrogen) atoms. The molecule has 0 aliphatic heterocycles. The third-order valence-electron chi connectivity index (χ3n) is 4.42. The summed E-state index contributed by atoms with van der Waals surface area (Å²) in [6, 6.07) is 6.15. The fraction of sp³-hybridized carbons (Fsp3) is 0.273. The molecule has 0 spiro atoms. The number of rotatable bonds is 6. The highest BCUT2D eigenvalue weighted by molar-refractivity contribution is 7.18. The molecule has 1 amide bonds. The summed E-state index contributed by atoms with van der Waals surface area (Å²) < 4.78 is 15.7. The van der Waals surface area contributed by atoms with Crippen molar-refractivity contribution in [2.45, 2.75) is 27.7 Å². The van der Waals surface area contributed by atoms with Crippen molar-refractivity contribution in [2.24, 2.45) is 0 Å². The van der Waals surface area contributed by atoms with Gasteiger partial charge in [-0.3, -0.25) is 9.59 Å². The van der Waals surface area contributed by atoms with Gasteiger partial charge in [0.1, 0.15) is 15.5 Å². The lowest BCUT2D eigenvalue weighted by molar-refractivity contribution is 0.0527. The average Bonchev–Trinajstić information content (AvgIpc) is 3.03. The van der Waals surface area contributed by atoms with Crippen LogP contribution in [-0.2, 0) is 9.47 Å². The summed E-state index contributed by atoms with van der Waals surface area (Å²) in [5, 5.41) is 3.03. The van der Waals surface area contributed by atoms with E-state index in [-0.39, 0.29) is 45.4 Å². The molecule has 0 aliphatic rings. The van der Waals surface area contributed by atoms with Crippen LogP contribution in [0, 0.1) is 13.8 Å². The maximum atomic E-state index is 12.8. The van der Waals surface area contributed by atoms with Crippen LogP contribution in [-0.4, -0.2) is 31.1 Å². The molecule has 0 saturated carbocycles. The van der Waals surface area contributed by atoms with E-state index in [2.05, 4.69) is 5.32 Å². The Kier molecular flexibility index (Phi) is 6.55. The second-order valence-electron chi connectivity index (χ2n) is 6.63. The van der Waals surface area contributed by atoms with Crippen LogP contribution in [0.3, 0.4) is 0 Å². The highest BCUT2D eigenvalue weighted by Gasteiger charge is 2.28. The van der Waals surface area contributed by atoms with Crippen LogP contribution >= 0.6 is 11.3 Å². The number of esters is 2. The van der Waals surface area contributed by atoms with Crippen LogP contribution < -0.4 is 10.7 Å². The summed E-state index contributed by atoms with van der Waals surface area (Å²) >= 11 is 0.895. The number of ether oxygens (including phenoxy) is 2. The highest BCUT2D eigenvalue weighted by Crippen LogP contribution is 2.34. The van der Waals surface area contributed by atoms with Gasteiger partial charge in [0, 0.05) is 6.07 Å². The summed E-state index contributed by atoms with van der Waals surface area (Å²) in [6.45, 7) is 7.01.